The number of hydrogen-bond acceptors (Lipinski definition) is 5. The van der Waals surface area contributed by atoms with Crippen molar-refractivity contribution in [1.29, 1.82) is 0 Å². The summed E-state index contributed by atoms with van der Waals surface area (Å²) in [6, 6.07) is 8.29. The summed E-state index contributed by atoms with van der Waals surface area (Å²) < 4.78 is 12.6. The normalized spacial score (nSPS) is 13.4. The topological polar surface area (TPSA) is 66.0 Å². The van der Waals surface area contributed by atoms with Crippen molar-refractivity contribution < 1.29 is 9.26 Å². The molecule has 0 spiro atoms. The molecule has 4 rings (SSSR count). The van der Waals surface area contributed by atoms with E-state index in [0.717, 1.165) is 30.6 Å². The molecule has 0 fully saturated rings. The molecule has 0 amide bonds. The smallest absolute Gasteiger partial charge is 0.278 e. The predicted molar refractivity (Wildman–Crippen MR) is 89.2 cm³/mol. The van der Waals surface area contributed by atoms with E-state index in [4.69, 9.17) is 14.4 Å². The summed E-state index contributed by atoms with van der Waals surface area (Å²) in [5.41, 5.74) is 5.63. The SMILES string of the molecule is COCCc1noc(-c2nn(-c3ccccc3C)c3c2CCC3)n1. The number of nitrogens with zero attached hydrogens (tertiary/aromatic N) is 4. The van der Waals surface area contributed by atoms with Crippen LogP contribution in [0.25, 0.3) is 17.3 Å². The summed E-state index contributed by atoms with van der Waals surface area (Å²) in [4.78, 5) is 4.49. The van der Waals surface area contributed by atoms with Gasteiger partial charge in [-0.15, -0.1) is 0 Å². The zero-order valence-corrected chi connectivity index (χ0v) is 14.0. The lowest BCUT2D eigenvalue weighted by Crippen LogP contribution is -2.03. The quantitative estimate of drug-likeness (QED) is 0.722. The van der Waals surface area contributed by atoms with Gasteiger partial charge in [-0.1, -0.05) is 23.4 Å². The van der Waals surface area contributed by atoms with E-state index in [0.29, 0.717) is 24.7 Å². The van der Waals surface area contributed by atoms with E-state index < -0.39 is 0 Å². The van der Waals surface area contributed by atoms with Crippen LogP contribution < -0.4 is 0 Å². The van der Waals surface area contributed by atoms with Crippen molar-refractivity contribution in [3.63, 3.8) is 0 Å². The number of methoxy groups -OCH3 is 1. The van der Waals surface area contributed by atoms with E-state index in [9.17, 15) is 0 Å². The van der Waals surface area contributed by atoms with E-state index in [1.54, 1.807) is 7.11 Å². The number of ether oxygens (including phenoxy) is 1. The van der Waals surface area contributed by atoms with E-state index >= 15 is 0 Å². The van der Waals surface area contributed by atoms with Gasteiger partial charge < -0.3 is 9.26 Å². The number of para-hydroxylation sites is 1. The highest BCUT2D eigenvalue weighted by atomic mass is 16.5. The van der Waals surface area contributed by atoms with Crippen molar-refractivity contribution in [3.8, 4) is 17.3 Å². The minimum Gasteiger partial charge on any atom is -0.384 e. The largest absolute Gasteiger partial charge is 0.384 e. The molecule has 0 atom stereocenters. The predicted octanol–water partition coefficient (Wildman–Crippen LogP) is 2.91. The first kappa shape index (κ1) is 15.1. The molecule has 6 nitrogen and oxygen atoms in total. The second-order valence-electron chi connectivity index (χ2n) is 6.08. The fourth-order valence-corrected chi connectivity index (χ4v) is 3.25. The fourth-order valence-electron chi connectivity index (χ4n) is 3.25. The Bertz CT molecular complexity index is 866. The first-order valence-electron chi connectivity index (χ1n) is 8.26. The highest BCUT2D eigenvalue weighted by molar-refractivity contribution is 5.58. The number of aromatic nitrogens is 4. The molecule has 124 valence electrons. The minimum absolute atomic E-state index is 0.506. The highest BCUT2D eigenvalue weighted by Gasteiger charge is 2.27. The molecule has 2 heterocycles. The van der Waals surface area contributed by atoms with Crippen LogP contribution in [-0.4, -0.2) is 33.6 Å². The molecule has 6 heteroatoms. The van der Waals surface area contributed by atoms with Gasteiger partial charge in [0.05, 0.1) is 12.3 Å². The first-order valence-corrected chi connectivity index (χ1v) is 8.26. The molecule has 0 N–H and O–H groups in total. The summed E-state index contributed by atoms with van der Waals surface area (Å²) in [5, 5.41) is 8.86. The summed E-state index contributed by atoms with van der Waals surface area (Å²) in [6.07, 6.45) is 3.81. The first-order chi connectivity index (χ1) is 11.8. The Morgan fingerprint density at radius 2 is 2.12 bits per heavy atom. The molecule has 1 aliphatic carbocycles. The molecule has 1 aliphatic rings. The van der Waals surface area contributed by atoms with Gasteiger partial charge in [0.25, 0.3) is 5.89 Å². The maximum atomic E-state index is 5.46. The van der Waals surface area contributed by atoms with Crippen LogP contribution >= 0.6 is 0 Å². The van der Waals surface area contributed by atoms with Crippen molar-refractivity contribution in [2.45, 2.75) is 32.6 Å². The Balaban J connectivity index is 1.77. The van der Waals surface area contributed by atoms with Crippen LogP contribution in [0, 0.1) is 6.92 Å². The van der Waals surface area contributed by atoms with Gasteiger partial charge in [-0.05, 0) is 37.8 Å². The Labute approximate surface area is 140 Å². The molecule has 0 radical (unpaired) electrons. The molecule has 0 saturated carbocycles. The second-order valence-corrected chi connectivity index (χ2v) is 6.08. The second kappa shape index (κ2) is 6.20. The molecule has 2 aromatic heterocycles. The van der Waals surface area contributed by atoms with Gasteiger partial charge in [-0.2, -0.15) is 10.1 Å². The van der Waals surface area contributed by atoms with Crippen LogP contribution in [0.4, 0.5) is 0 Å². The van der Waals surface area contributed by atoms with Crippen molar-refractivity contribution in [1.82, 2.24) is 19.9 Å². The lowest BCUT2D eigenvalue weighted by Gasteiger charge is -2.08. The third-order valence-corrected chi connectivity index (χ3v) is 4.47. The maximum Gasteiger partial charge on any atom is 0.278 e. The van der Waals surface area contributed by atoms with Gasteiger partial charge in [0.2, 0.25) is 0 Å². The average molecular weight is 324 g/mol. The lowest BCUT2D eigenvalue weighted by atomic mass is 10.2. The van der Waals surface area contributed by atoms with E-state index in [-0.39, 0.29) is 0 Å². The molecule has 0 bridgehead atoms. The average Bonchev–Trinajstić information content (AvgIpc) is 3.30. The van der Waals surface area contributed by atoms with Gasteiger partial charge >= 0.3 is 0 Å². The molecular formula is C18H20N4O2. The lowest BCUT2D eigenvalue weighted by molar-refractivity contribution is 0.199. The number of hydrogen-bond donors (Lipinski definition) is 0. The number of benzene rings is 1. The van der Waals surface area contributed by atoms with Crippen LogP contribution in [0.5, 0.6) is 0 Å². The zero-order chi connectivity index (χ0) is 16.5. The molecular weight excluding hydrogens is 304 g/mol. The number of rotatable bonds is 5. The third-order valence-electron chi connectivity index (χ3n) is 4.47. The van der Waals surface area contributed by atoms with Crippen LogP contribution in [0.3, 0.4) is 0 Å². The zero-order valence-electron chi connectivity index (χ0n) is 14.0. The van der Waals surface area contributed by atoms with Crippen molar-refractivity contribution in [2.75, 3.05) is 13.7 Å². The van der Waals surface area contributed by atoms with Gasteiger partial charge in [0.15, 0.2) is 11.5 Å². The number of aryl methyl sites for hydroxylation is 1. The van der Waals surface area contributed by atoms with Gasteiger partial charge in [0.1, 0.15) is 0 Å². The Kier molecular flexibility index (Phi) is 3.90. The molecule has 0 saturated heterocycles. The highest BCUT2D eigenvalue weighted by Crippen LogP contribution is 2.33. The van der Waals surface area contributed by atoms with E-state index in [2.05, 4.69) is 29.2 Å². The fraction of sp³-hybridized carbons (Fsp3) is 0.389. The van der Waals surface area contributed by atoms with Crippen molar-refractivity contribution in [2.24, 2.45) is 0 Å². The van der Waals surface area contributed by atoms with Gasteiger partial charge in [-0.25, -0.2) is 4.68 Å². The monoisotopic (exact) mass is 324 g/mol. The maximum absolute atomic E-state index is 5.46. The van der Waals surface area contributed by atoms with Gasteiger partial charge in [-0.3, -0.25) is 0 Å². The third kappa shape index (κ3) is 2.53. The van der Waals surface area contributed by atoms with Crippen LogP contribution in [0.2, 0.25) is 0 Å². The Morgan fingerprint density at radius 1 is 1.25 bits per heavy atom. The summed E-state index contributed by atoms with van der Waals surface area (Å²) in [6.45, 7) is 2.68. The van der Waals surface area contributed by atoms with Crippen molar-refractivity contribution >= 4 is 0 Å². The Hall–Kier alpha value is -2.47. The number of fused-ring (bicyclic) bond motifs is 1. The molecule has 24 heavy (non-hydrogen) atoms. The van der Waals surface area contributed by atoms with E-state index in [1.165, 1.54) is 16.8 Å². The Morgan fingerprint density at radius 3 is 2.96 bits per heavy atom. The van der Waals surface area contributed by atoms with Crippen LogP contribution in [0.15, 0.2) is 28.8 Å². The minimum atomic E-state index is 0.506. The van der Waals surface area contributed by atoms with Gasteiger partial charge in [0, 0.05) is 24.8 Å². The molecule has 0 unspecified atom stereocenters. The van der Waals surface area contributed by atoms with E-state index in [1.807, 2.05) is 16.8 Å². The van der Waals surface area contributed by atoms with Crippen molar-refractivity contribution in [3.05, 3.63) is 46.9 Å². The summed E-state index contributed by atoms with van der Waals surface area (Å²) in [7, 11) is 1.66. The summed E-state index contributed by atoms with van der Waals surface area (Å²) in [5.74, 6) is 1.16. The summed E-state index contributed by atoms with van der Waals surface area (Å²) >= 11 is 0. The van der Waals surface area contributed by atoms with Crippen LogP contribution in [-0.2, 0) is 24.0 Å². The molecule has 0 aliphatic heterocycles. The standard InChI is InChI=1S/C18H20N4O2/c1-12-6-3-4-8-14(12)22-15-9-5-7-13(15)17(20-22)18-19-16(21-24-18)10-11-23-2/h3-4,6,8H,5,7,9-11H2,1-2H3. The molecule has 1 aromatic carbocycles. The van der Waals surface area contributed by atoms with Crippen LogP contribution in [0.1, 0.15) is 29.1 Å². The molecule has 3 aromatic rings.